The molecule has 0 atom stereocenters. The molecule has 0 unspecified atom stereocenters. The maximum Gasteiger partial charge on any atom is 0.140 e. The maximum atomic E-state index is 4.96. The van der Waals surface area contributed by atoms with E-state index in [-0.39, 0.29) is 0 Å². The number of fused-ring (bicyclic) bond motifs is 2. The molecule has 6 heterocycles. The van der Waals surface area contributed by atoms with Crippen LogP contribution in [0, 0.1) is 5.92 Å². The van der Waals surface area contributed by atoms with Crippen LogP contribution in [0.25, 0.3) is 55.8 Å². The highest BCUT2D eigenvalue weighted by atomic mass is 15.0. The number of aromatic amines is 2. The highest BCUT2D eigenvalue weighted by molar-refractivity contribution is 5.97. The number of nitrogens with one attached hydrogen (secondary N) is 3. The topological polar surface area (TPSA) is 108 Å². The Hall–Kier alpha value is -4.43. The van der Waals surface area contributed by atoms with E-state index in [1.54, 1.807) is 12.4 Å². The Morgan fingerprint density at radius 2 is 1.79 bits per heavy atom. The van der Waals surface area contributed by atoms with Crippen LogP contribution in [0.1, 0.15) is 31.2 Å². The van der Waals surface area contributed by atoms with E-state index in [4.69, 9.17) is 9.97 Å². The van der Waals surface area contributed by atoms with Gasteiger partial charge in [-0.2, -0.15) is 0 Å². The quantitative estimate of drug-likeness (QED) is 0.252. The van der Waals surface area contributed by atoms with Crippen LogP contribution in [0.3, 0.4) is 0 Å². The monoisotopic (exact) mass is 500 g/mol. The van der Waals surface area contributed by atoms with Gasteiger partial charge in [0.25, 0.3) is 0 Å². The van der Waals surface area contributed by atoms with Gasteiger partial charge in [0.15, 0.2) is 0 Å². The first-order valence-electron chi connectivity index (χ1n) is 13.2. The molecule has 1 aliphatic carbocycles. The normalized spacial score (nSPS) is 14.1. The molecule has 3 N–H and O–H groups in total. The van der Waals surface area contributed by atoms with Crippen molar-refractivity contribution in [3.05, 3.63) is 79.3 Å². The SMILES string of the molecule is c1ccc(-c2cncc3[nH]c(-c4c[nH]c5ncc(-c6cncc(CNCC7CCCC7)c6)cc45)nc23)nc1. The lowest BCUT2D eigenvalue weighted by molar-refractivity contribution is 0.489. The Morgan fingerprint density at radius 1 is 0.895 bits per heavy atom. The molecule has 8 nitrogen and oxygen atoms in total. The molecular formula is C30H28N8. The Bertz CT molecular complexity index is 1710. The van der Waals surface area contributed by atoms with Gasteiger partial charge in [-0.1, -0.05) is 18.9 Å². The molecule has 0 spiro atoms. The van der Waals surface area contributed by atoms with E-state index in [1.807, 2.05) is 49.2 Å². The third kappa shape index (κ3) is 4.33. The van der Waals surface area contributed by atoms with Crippen molar-refractivity contribution >= 4 is 22.1 Å². The molecule has 38 heavy (non-hydrogen) atoms. The van der Waals surface area contributed by atoms with Gasteiger partial charge in [0.05, 0.1) is 17.4 Å². The number of pyridine rings is 4. The minimum Gasteiger partial charge on any atom is -0.345 e. The highest BCUT2D eigenvalue weighted by Crippen LogP contribution is 2.33. The minimum atomic E-state index is 0.762. The standard InChI is InChI=1S/C30H28N8/c1-2-6-19(5-1)11-31-12-20-9-21(14-32-13-20)22-10-23-24(17-36-29(23)35-15-22)30-37-27-18-33-16-25(28(27)38-30)26-7-3-4-8-34-26/h3-4,7-10,13-19,31H,1-2,5-6,11-12H2,(H,35,36)(H,37,38). The van der Waals surface area contributed by atoms with E-state index in [9.17, 15) is 0 Å². The zero-order valence-electron chi connectivity index (χ0n) is 21.0. The second-order valence-corrected chi connectivity index (χ2v) is 10.1. The van der Waals surface area contributed by atoms with Gasteiger partial charge in [0, 0.05) is 71.4 Å². The molecule has 188 valence electrons. The molecule has 6 aromatic rings. The molecule has 0 amide bonds. The number of hydrogen-bond acceptors (Lipinski definition) is 6. The first-order valence-corrected chi connectivity index (χ1v) is 13.2. The summed E-state index contributed by atoms with van der Waals surface area (Å²) >= 11 is 0. The number of imidazole rings is 1. The molecular weight excluding hydrogens is 472 g/mol. The predicted molar refractivity (Wildman–Crippen MR) is 149 cm³/mol. The fourth-order valence-electron chi connectivity index (χ4n) is 5.50. The van der Waals surface area contributed by atoms with Crippen molar-refractivity contribution in [2.24, 2.45) is 5.92 Å². The van der Waals surface area contributed by atoms with E-state index in [1.165, 1.54) is 31.2 Å². The predicted octanol–water partition coefficient (Wildman–Crippen LogP) is 5.91. The summed E-state index contributed by atoms with van der Waals surface area (Å²) in [7, 11) is 0. The van der Waals surface area contributed by atoms with Crippen LogP contribution in [0.4, 0.5) is 0 Å². The molecule has 0 saturated heterocycles. The molecule has 0 bridgehead atoms. The highest BCUT2D eigenvalue weighted by Gasteiger charge is 2.16. The third-order valence-electron chi connectivity index (χ3n) is 7.49. The molecule has 6 aromatic heterocycles. The summed E-state index contributed by atoms with van der Waals surface area (Å²) in [6.07, 6.45) is 18.5. The molecule has 0 aromatic carbocycles. The van der Waals surface area contributed by atoms with Crippen LogP contribution in [0.2, 0.25) is 0 Å². The zero-order valence-corrected chi connectivity index (χ0v) is 21.0. The summed E-state index contributed by atoms with van der Waals surface area (Å²) in [5, 5.41) is 4.62. The Balaban J connectivity index is 1.20. The fraction of sp³-hybridized carbons (Fsp3) is 0.233. The van der Waals surface area contributed by atoms with Crippen LogP contribution in [0.15, 0.2) is 73.7 Å². The van der Waals surface area contributed by atoms with Gasteiger partial charge in [-0.3, -0.25) is 15.0 Å². The van der Waals surface area contributed by atoms with Crippen molar-refractivity contribution in [3.8, 4) is 33.8 Å². The van der Waals surface area contributed by atoms with Gasteiger partial charge in [0.1, 0.15) is 17.0 Å². The van der Waals surface area contributed by atoms with Crippen molar-refractivity contribution in [2.45, 2.75) is 32.2 Å². The minimum absolute atomic E-state index is 0.762. The first-order chi connectivity index (χ1) is 18.8. The zero-order chi connectivity index (χ0) is 25.3. The average molecular weight is 501 g/mol. The van der Waals surface area contributed by atoms with Crippen molar-refractivity contribution in [2.75, 3.05) is 6.54 Å². The lowest BCUT2D eigenvalue weighted by atomic mass is 10.1. The Morgan fingerprint density at radius 3 is 2.68 bits per heavy atom. The van der Waals surface area contributed by atoms with Gasteiger partial charge in [0.2, 0.25) is 0 Å². The molecule has 7 rings (SSSR count). The van der Waals surface area contributed by atoms with Gasteiger partial charge in [-0.25, -0.2) is 9.97 Å². The maximum absolute atomic E-state index is 4.96. The molecule has 1 aliphatic rings. The van der Waals surface area contributed by atoms with Gasteiger partial charge < -0.3 is 15.3 Å². The van der Waals surface area contributed by atoms with Gasteiger partial charge in [-0.05, 0) is 55.1 Å². The summed E-state index contributed by atoms with van der Waals surface area (Å²) in [4.78, 5) is 29.8. The number of H-pyrrole nitrogens is 2. The number of hydrogen-bond donors (Lipinski definition) is 3. The number of nitrogens with zero attached hydrogens (tertiary/aromatic N) is 5. The van der Waals surface area contributed by atoms with Crippen molar-refractivity contribution in [3.63, 3.8) is 0 Å². The van der Waals surface area contributed by atoms with Crippen LogP contribution in [-0.4, -0.2) is 41.4 Å². The van der Waals surface area contributed by atoms with Crippen LogP contribution >= 0.6 is 0 Å². The van der Waals surface area contributed by atoms with Crippen LogP contribution < -0.4 is 5.32 Å². The Labute approximate surface area is 220 Å². The number of aromatic nitrogens is 7. The van der Waals surface area contributed by atoms with Crippen molar-refractivity contribution < 1.29 is 0 Å². The lowest BCUT2D eigenvalue weighted by Crippen LogP contribution is -2.20. The second-order valence-electron chi connectivity index (χ2n) is 10.1. The van der Waals surface area contributed by atoms with Crippen LogP contribution in [0.5, 0.6) is 0 Å². The lowest BCUT2D eigenvalue weighted by Gasteiger charge is -2.11. The first kappa shape index (κ1) is 22.7. The van der Waals surface area contributed by atoms with Crippen molar-refractivity contribution in [1.82, 2.24) is 40.2 Å². The average Bonchev–Trinajstić information content (AvgIpc) is 3.73. The molecule has 1 saturated carbocycles. The molecule has 0 aliphatic heterocycles. The Kier molecular flexibility index (Phi) is 5.86. The molecule has 0 radical (unpaired) electrons. The number of rotatable bonds is 7. The van der Waals surface area contributed by atoms with E-state index < -0.39 is 0 Å². The van der Waals surface area contributed by atoms with E-state index in [0.29, 0.717) is 0 Å². The summed E-state index contributed by atoms with van der Waals surface area (Å²) in [5.41, 5.74) is 8.48. The van der Waals surface area contributed by atoms with E-state index in [2.05, 4.69) is 42.4 Å². The van der Waals surface area contributed by atoms with Gasteiger partial charge in [-0.15, -0.1) is 0 Å². The third-order valence-corrected chi connectivity index (χ3v) is 7.49. The fourth-order valence-corrected chi connectivity index (χ4v) is 5.50. The molecule has 8 heteroatoms. The largest absolute Gasteiger partial charge is 0.345 e. The summed E-state index contributed by atoms with van der Waals surface area (Å²) in [6.45, 7) is 1.91. The summed E-state index contributed by atoms with van der Waals surface area (Å²) in [6, 6.07) is 10.2. The van der Waals surface area contributed by atoms with Crippen molar-refractivity contribution in [1.29, 1.82) is 0 Å². The second kappa shape index (κ2) is 9.79. The van der Waals surface area contributed by atoms with Crippen LogP contribution in [-0.2, 0) is 6.54 Å². The summed E-state index contributed by atoms with van der Waals surface area (Å²) < 4.78 is 0. The van der Waals surface area contributed by atoms with E-state index >= 15 is 0 Å². The summed E-state index contributed by atoms with van der Waals surface area (Å²) in [5.74, 6) is 1.58. The smallest absolute Gasteiger partial charge is 0.140 e. The van der Waals surface area contributed by atoms with Gasteiger partial charge >= 0.3 is 0 Å². The molecule has 1 fully saturated rings. The van der Waals surface area contributed by atoms with E-state index in [0.717, 1.165) is 74.8 Å².